The fourth-order valence-corrected chi connectivity index (χ4v) is 3.14. The second kappa shape index (κ2) is 8.44. The molecule has 0 saturated carbocycles. The van der Waals surface area contributed by atoms with Gasteiger partial charge in [0.2, 0.25) is 0 Å². The molecule has 1 aromatic heterocycles. The molecule has 0 radical (unpaired) electrons. The number of aryl methyl sites for hydroxylation is 1. The van der Waals surface area contributed by atoms with Crippen molar-refractivity contribution in [3.05, 3.63) is 83.6 Å². The summed E-state index contributed by atoms with van der Waals surface area (Å²) in [4.78, 5) is 25.2. The van der Waals surface area contributed by atoms with E-state index in [4.69, 9.17) is 4.74 Å². The molecular formula is C22H19F3N2O3. The fourth-order valence-electron chi connectivity index (χ4n) is 3.14. The summed E-state index contributed by atoms with van der Waals surface area (Å²) in [6.45, 7) is 0. The largest absolute Gasteiger partial charge is 0.467 e. The molecule has 2 aromatic carbocycles. The number of methoxy groups -OCH3 is 1. The van der Waals surface area contributed by atoms with Gasteiger partial charge < -0.3 is 14.6 Å². The topological polar surface area (TPSA) is 60.3 Å². The number of carbonyl (C=O) groups excluding carboxylic acids is 2. The minimum absolute atomic E-state index is 0.181. The van der Waals surface area contributed by atoms with Gasteiger partial charge in [0.05, 0.1) is 23.9 Å². The number of ether oxygens (including phenoxy) is 1. The lowest BCUT2D eigenvalue weighted by Crippen LogP contribution is -2.34. The van der Waals surface area contributed by atoms with Crippen LogP contribution in [0.25, 0.3) is 11.3 Å². The molecular weight excluding hydrogens is 397 g/mol. The van der Waals surface area contributed by atoms with E-state index in [9.17, 15) is 22.8 Å². The first-order valence-electron chi connectivity index (χ1n) is 8.99. The maximum absolute atomic E-state index is 13.0. The van der Waals surface area contributed by atoms with Crippen LogP contribution >= 0.6 is 0 Å². The summed E-state index contributed by atoms with van der Waals surface area (Å²) in [6.07, 6.45) is -2.79. The van der Waals surface area contributed by atoms with Gasteiger partial charge in [-0.1, -0.05) is 42.5 Å². The highest BCUT2D eigenvalue weighted by Gasteiger charge is 2.31. The molecule has 0 aliphatic carbocycles. The number of carbonyl (C=O) groups is 2. The van der Waals surface area contributed by atoms with Gasteiger partial charge in [0, 0.05) is 13.2 Å². The Labute approximate surface area is 171 Å². The highest BCUT2D eigenvalue weighted by Crippen LogP contribution is 2.30. The number of hydrogen-bond acceptors (Lipinski definition) is 3. The first-order valence-corrected chi connectivity index (χ1v) is 8.99. The zero-order chi connectivity index (χ0) is 21.9. The minimum Gasteiger partial charge on any atom is -0.467 e. The van der Waals surface area contributed by atoms with Gasteiger partial charge in [-0.05, 0) is 29.3 Å². The molecule has 3 aromatic rings. The summed E-state index contributed by atoms with van der Waals surface area (Å²) in [5.74, 6) is -1.34. The Bertz CT molecular complexity index is 1040. The molecule has 3 rings (SSSR count). The van der Waals surface area contributed by atoms with Crippen LogP contribution in [0.4, 0.5) is 13.2 Å². The lowest BCUT2D eigenvalue weighted by atomic mass is 10.0. The number of rotatable bonds is 5. The van der Waals surface area contributed by atoms with Crippen molar-refractivity contribution < 1.29 is 27.5 Å². The fraction of sp³-hybridized carbons (Fsp3) is 0.182. The van der Waals surface area contributed by atoms with Crippen molar-refractivity contribution in [3.8, 4) is 11.3 Å². The van der Waals surface area contributed by atoms with Crippen molar-refractivity contribution in [3.63, 3.8) is 0 Å². The van der Waals surface area contributed by atoms with E-state index in [0.29, 0.717) is 11.3 Å². The predicted molar refractivity (Wildman–Crippen MR) is 105 cm³/mol. The van der Waals surface area contributed by atoms with Crippen LogP contribution in [0.15, 0.2) is 66.9 Å². The number of halogens is 3. The minimum atomic E-state index is -4.50. The molecule has 0 spiro atoms. The van der Waals surface area contributed by atoms with E-state index in [-0.39, 0.29) is 5.56 Å². The third kappa shape index (κ3) is 4.37. The molecule has 30 heavy (non-hydrogen) atoms. The highest BCUT2D eigenvalue weighted by atomic mass is 19.4. The van der Waals surface area contributed by atoms with E-state index in [1.54, 1.807) is 23.9 Å². The normalized spacial score (nSPS) is 12.3. The quantitative estimate of drug-likeness (QED) is 0.629. The molecule has 0 bridgehead atoms. The Morgan fingerprint density at radius 1 is 1.00 bits per heavy atom. The zero-order valence-electron chi connectivity index (χ0n) is 16.2. The van der Waals surface area contributed by atoms with Crippen molar-refractivity contribution in [1.29, 1.82) is 0 Å². The van der Waals surface area contributed by atoms with Crippen LogP contribution in [0.1, 0.15) is 27.5 Å². The molecule has 1 heterocycles. The number of hydrogen-bond donors (Lipinski definition) is 1. The van der Waals surface area contributed by atoms with Crippen LogP contribution in [0.2, 0.25) is 0 Å². The molecule has 1 atom stereocenters. The van der Waals surface area contributed by atoms with Crippen LogP contribution in [-0.4, -0.2) is 23.6 Å². The second-order valence-corrected chi connectivity index (χ2v) is 6.60. The van der Waals surface area contributed by atoms with Crippen molar-refractivity contribution in [2.75, 3.05) is 7.11 Å². The SMILES string of the molecule is COC(=O)C(NC(=O)c1ccn(C)c1-c1ccccc1)c1ccc(C(F)(F)F)cc1. The maximum atomic E-state index is 13.0. The Kier molecular flexibility index (Phi) is 5.96. The lowest BCUT2D eigenvalue weighted by Gasteiger charge is -2.18. The Balaban J connectivity index is 1.92. The summed E-state index contributed by atoms with van der Waals surface area (Å²) in [5, 5.41) is 2.57. The third-order valence-electron chi connectivity index (χ3n) is 4.65. The number of alkyl halides is 3. The molecule has 1 amide bonds. The van der Waals surface area contributed by atoms with Gasteiger partial charge in [-0.15, -0.1) is 0 Å². The van der Waals surface area contributed by atoms with Gasteiger partial charge in [0.1, 0.15) is 0 Å². The van der Waals surface area contributed by atoms with Crippen molar-refractivity contribution in [2.24, 2.45) is 7.05 Å². The zero-order valence-corrected chi connectivity index (χ0v) is 16.2. The van der Waals surface area contributed by atoms with E-state index < -0.39 is 29.7 Å². The van der Waals surface area contributed by atoms with Crippen LogP contribution in [-0.2, 0) is 22.8 Å². The van der Waals surface area contributed by atoms with Gasteiger partial charge in [0.25, 0.3) is 5.91 Å². The predicted octanol–water partition coefficient (Wildman–Crippen LogP) is 4.36. The molecule has 1 unspecified atom stereocenters. The first-order chi connectivity index (χ1) is 14.2. The van der Waals surface area contributed by atoms with Crippen molar-refractivity contribution >= 4 is 11.9 Å². The summed E-state index contributed by atoms with van der Waals surface area (Å²) < 4.78 is 45.0. The van der Waals surface area contributed by atoms with E-state index in [0.717, 1.165) is 36.9 Å². The molecule has 0 aliphatic heterocycles. The van der Waals surface area contributed by atoms with Gasteiger partial charge in [-0.3, -0.25) is 4.79 Å². The lowest BCUT2D eigenvalue weighted by molar-refractivity contribution is -0.143. The standard InChI is InChI=1S/C22H19F3N2O3/c1-27-13-12-17(19(27)15-6-4-3-5-7-15)20(28)26-18(21(29)30-2)14-8-10-16(11-9-14)22(23,24)25/h3-13,18H,1-2H3,(H,26,28). The number of esters is 1. The van der Waals surface area contributed by atoms with Crippen molar-refractivity contribution in [2.45, 2.75) is 12.2 Å². The summed E-state index contributed by atoms with van der Waals surface area (Å²) in [7, 11) is 2.93. The Morgan fingerprint density at radius 3 is 2.20 bits per heavy atom. The number of nitrogens with zero attached hydrogens (tertiary/aromatic N) is 1. The molecule has 1 N–H and O–H groups in total. The monoisotopic (exact) mass is 416 g/mol. The number of aromatic nitrogens is 1. The van der Waals surface area contributed by atoms with Crippen LogP contribution in [0, 0.1) is 0 Å². The second-order valence-electron chi connectivity index (χ2n) is 6.60. The van der Waals surface area contributed by atoms with Gasteiger partial charge in [-0.25, -0.2) is 4.79 Å². The summed E-state index contributed by atoms with van der Waals surface area (Å²) >= 11 is 0. The van der Waals surface area contributed by atoms with Gasteiger partial charge in [-0.2, -0.15) is 13.2 Å². The van der Waals surface area contributed by atoms with Crippen molar-refractivity contribution in [1.82, 2.24) is 9.88 Å². The van der Waals surface area contributed by atoms with Gasteiger partial charge >= 0.3 is 12.1 Å². The smallest absolute Gasteiger partial charge is 0.416 e. The summed E-state index contributed by atoms with van der Waals surface area (Å²) in [6, 6.07) is 13.6. The summed E-state index contributed by atoms with van der Waals surface area (Å²) in [5.41, 5.74) is 1.10. The van der Waals surface area contributed by atoms with Crippen LogP contribution < -0.4 is 5.32 Å². The Morgan fingerprint density at radius 2 is 1.63 bits per heavy atom. The number of nitrogens with one attached hydrogen (secondary N) is 1. The average molecular weight is 416 g/mol. The van der Waals surface area contributed by atoms with E-state index >= 15 is 0 Å². The number of benzene rings is 2. The van der Waals surface area contributed by atoms with Crippen LogP contribution in [0.5, 0.6) is 0 Å². The van der Waals surface area contributed by atoms with E-state index in [1.165, 1.54) is 0 Å². The average Bonchev–Trinajstić information content (AvgIpc) is 3.13. The van der Waals surface area contributed by atoms with Crippen LogP contribution in [0.3, 0.4) is 0 Å². The Hall–Kier alpha value is -3.55. The highest BCUT2D eigenvalue weighted by molar-refractivity contribution is 6.02. The number of amides is 1. The maximum Gasteiger partial charge on any atom is 0.416 e. The molecule has 5 nitrogen and oxygen atoms in total. The molecule has 8 heteroatoms. The molecule has 0 fully saturated rings. The van der Waals surface area contributed by atoms with E-state index in [2.05, 4.69) is 5.32 Å². The molecule has 0 saturated heterocycles. The first kappa shape index (κ1) is 21.2. The van der Waals surface area contributed by atoms with Gasteiger partial charge in [0.15, 0.2) is 6.04 Å². The molecule has 156 valence electrons. The van der Waals surface area contributed by atoms with E-state index in [1.807, 2.05) is 30.3 Å². The third-order valence-corrected chi connectivity index (χ3v) is 4.65. The molecule has 0 aliphatic rings.